The summed E-state index contributed by atoms with van der Waals surface area (Å²) in [4.78, 5) is 19.7. The Balaban J connectivity index is 1.66. The molecule has 1 atom stereocenters. The number of rotatable bonds is 4. The van der Waals surface area contributed by atoms with Crippen LogP contribution in [0.4, 0.5) is 0 Å². The van der Waals surface area contributed by atoms with Crippen molar-refractivity contribution in [3.63, 3.8) is 0 Å². The summed E-state index contributed by atoms with van der Waals surface area (Å²) in [7, 11) is 0. The van der Waals surface area contributed by atoms with Crippen molar-refractivity contribution in [2.45, 2.75) is 26.1 Å². The molecule has 1 unspecified atom stereocenters. The Hall–Kier alpha value is -2.18. The lowest BCUT2D eigenvalue weighted by atomic mass is 10.2. The summed E-state index contributed by atoms with van der Waals surface area (Å²) in [6, 6.07) is 10.3. The maximum atomic E-state index is 11.6. The van der Waals surface area contributed by atoms with Crippen LogP contribution in [0.5, 0.6) is 0 Å². The predicted octanol–water partition coefficient (Wildman–Crippen LogP) is 0.956. The molecular formula is C18H24N4O2. The molecule has 6 nitrogen and oxygen atoms in total. The minimum Gasteiger partial charge on any atom is -0.390 e. The first-order valence-electron chi connectivity index (χ1n) is 8.30. The number of hydrogen-bond donors (Lipinski definition) is 1. The smallest absolute Gasteiger partial charge is 0.219 e. The molecule has 1 N–H and O–H groups in total. The fourth-order valence-electron chi connectivity index (χ4n) is 3.12. The van der Waals surface area contributed by atoms with Crippen LogP contribution in [-0.4, -0.2) is 62.6 Å². The Morgan fingerprint density at radius 1 is 1.21 bits per heavy atom. The van der Waals surface area contributed by atoms with E-state index in [4.69, 9.17) is 0 Å². The molecule has 0 radical (unpaired) electrons. The molecule has 0 spiro atoms. The second-order valence-corrected chi connectivity index (χ2v) is 6.35. The summed E-state index contributed by atoms with van der Waals surface area (Å²) in [6.45, 7) is 5.45. The van der Waals surface area contributed by atoms with Crippen molar-refractivity contribution >= 4 is 5.91 Å². The zero-order valence-electron chi connectivity index (χ0n) is 14.0. The highest BCUT2D eigenvalue weighted by Gasteiger charge is 2.23. The number of amides is 1. The number of hydrogen-bond acceptors (Lipinski definition) is 4. The van der Waals surface area contributed by atoms with Crippen molar-refractivity contribution in [1.82, 2.24) is 19.4 Å². The van der Waals surface area contributed by atoms with Crippen molar-refractivity contribution in [1.29, 1.82) is 0 Å². The number of carbonyl (C=O) groups is 1. The maximum absolute atomic E-state index is 11.6. The molecule has 1 amide bonds. The Labute approximate surface area is 142 Å². The SMILES string of the molecule is CC(=O)N1CCN(Cc2cncn2Cc2ccccc2)CC(O)C1. The fraction of sp³-hybridized carbons (Fsp3) is 0.444. The molecule has 1 aliphatic heterocycles. The maximum Gasteiger partial charge on any atom is 0.219 e. The number of benzene rings is 1. The molecule has 1 aromatic heterocycles. The van der Waals surface area contributed by atoms with Crippen molar-refractivity contribution in [2.75, 3.05) is 26.2 Å². The van der Waals surface area contributed by atoms with Crippen molar-refractivity contribution in [3.05, 3.63) is 54.1 Å². The second-order valence-electron chi connectivity index (χ2n) is 6.35. The molecule has 3 rings (SSSR count). The van der Waals surface area contributed by atoms with Gasteiger partial charge in [0.05, 0.1) is 18.1 Å². The van der Waals surface area contributed by atoms with E-state index in [-0.39, 0.29) is 5.91 Å². The second kappa shape index (κ2) is 7.59. The molecule has 6 heteroatoms. The minimum atomic E-state index is -0.512. The molecule has 1 saturated heterocycles. The third-order valence-electron chi connectivity index (χ3n) is 4.41. The number of β-amino-alcohol motifs (C(OH)–C–C–N with tert-alkyl or cyclic N) is 1. The van der Waals surface area contributed by atoms with Gasteiger partial charge >= 0.3 is 0 Å². The lowest BCUT2D eigenvalue weighted by Gasteiger charge is -2.21. The van der Waals surface area contributed by atoms with Gasteiger partial charge in [0.2, 0.25) is 5.91 Å². The van der Waals surface area contributed by atoms with Gasteiger partial charge in [-0.05, 0) is 5.56 Å². The van der Waals surface area contributed by atoms with E-state index in [1.165, 1.54) is 5.56 Å². The molecule has 24 heavy (non-hydrogen) atoms. The number of aromatic nitrogens is 2. The van der Waals surface area contributed by atoms with Gasteiger partial charge in [0.1, 0.15) is 0 Å². The van der Waals surface area contributed by atoms with Crippen LogP contribution in [0.15, 0.2) is 42.9 Å². The number of aliphatic hydroxyl groups excluding tert-OH is 1. The van der Waals surface area contributed by atoms with E-state index >= 15 is 0 Å². The van der Waals surface area contributed by atoms with Crippen LogP contribution in [-0.2, 0) is 17.9 Å². The van der Waals surface area contributed by atoms with E-state index in [1.54, 1.807) is 11.8 Å². The van der Waals surface area contributed by atoms with Crippen LogP contribution < -0.4 is 0 Å². The molecule has 2 heterocycles. The lowest BCUT2D eigenvalue weighted by Crippen LogP contribution is -2.36. The Kier molecular flexibility index (Phi) is 5.27. The highest BCUT2D eigenvalue weighted by molar-refractivity contribution is 5.73. The van der Waals surface area contributed by atoms with Gasteiger partial charge in [-0.3, -0.25) is 9.69 Å². The minimum absolute atomic E-state index is 0.0185. The number of imidazole rings is 1. The van der Waals surface area contributed by atoms with Crippen LogP contribution in [0.1, 0.15) is 18.2 Å². The Morgan fingerprint density at radius 2 is 2.00 bits per heavy atom. The zero-order chi connectivity index (χ0) is 16.9. The molecule has 0 aliphatic carbocycles. The standard InChI is InChI=1S/C18H24N4O2/c1-15(23)21-8-7-20(12-18(24)13-21)11-17-9-19-14-22(17)10-16-5-3-2-4-6-16/h2-6,9,14,18,24H,7-8,10-13H2,1H3. The van der Waals surface area contributed by atoms with Gasteiger partial charge in [-0.2, -0.15) is 0 Å². The fourth-order valence-corrected chi connectivity index (χ4v) is 3.12. The van der Waals surface area contributed by atoms with Gasteiger partial charge in [0, 0.05) is 52.4 Å². The number of aliphatic hydroxyl groups is 1. The molecular weight excluding hydrogens is 304 g/mol. The summed E-state index contributed by atoms with van der Waals surface area (Å²) in [5.74, 6) is 0.0185. The number of carbonyl (C=O) groups excluding carboxylic acids is 1. The van der Waals surface area contributed by atoms with E-state index in [9.17, 15) is 9.90 Å². The highest BCUT2D eigenvalue weighted by Crippen LogP contribution is 2.12. The first kappa shape index (κ1) is 16.7. The van der Waals surface area contributed by atoms with E-state index in [0.29, 0.717) is 19.6 Å². The van der Waals surface area contributed by atoms with Gasteiger partial charge in [-0.1, -0.05) is 30.3 Å². The van der Waals surface area contributed by atoms with Crippen molar-refractivity contribution in [3.8, 4) is 0 Å². The van der Waals surface area contributed by atoms with Gasteiger partial charge in [0.15, 0.2) is 0 Å². The van der Waals surface area contributed by atoms with Crippen LogP contribution in [0.2, 0.25) is 0 Å². The van der Waals surface area contributed by atoms with Gasteiger partial charge in [-0.15, -0.1) is 0 Å². The topological polar surface area (TPSA) is 61.6 Å². The lowest BCUT2D eigenvalue weighted by molar-refractivity contribution is -0.129. The average Bonchev–Trinajstić information content (AvgIpc) is 2.88. The molecule has 1 fully saturated rings. The summed E-state index contributed by atoms with van der Waals surface area (Å²) >= 11 is 0. The van der Waals surface area contributed by atoms with Gasteiger partial charge in [-0.25, -0.2) is 4.98 Å². The molecule has 0 saturated carbocycles. The Morgan fingerprint density at radius 3 is 2.75 bits per heavy atom. The largest absolute Gasteiger partial charge is 0.390 e. The molecule has 1 aromatic carbocycles. The average molecular weight is 328 g/mol. The summed E-state index contributed by atoms with van der Waals surface area (Å²) in [5, 5.41) is 10.2. The highest BCUT2D eigenvalue weighted by atomic mass is 16.3. The molecule has 0 bridgehead atoms. The van der Waals surface area contributed by atoms with Crippen LogP contribution >= 0.6 is 0 Å². The first-order valence-corrected chi connectivity index (χ1v) is 8.30. The predicted molar refractivity (Wildman–Crippen MR) is 91.3 cm³/mol. The van der Waals surface area contributed by atoms with Crippen molar-refractivity contribution < 1.29 is 9.90 Å². The Bertz CT molecular complexity index is 671. The first-order chi connectivity index (χ1) is 11.6. The van der Waals surface area contributed by atoms with Gasteiger partial charge in [0.25, 0.3) is 0 Å². The normalized spacial score (nSPS) is 19.2. The quantitative estimate of drug-likeness (QED) is 0.908. The van der Waals surface area contributed by atoms with Crippen LogP contribution in [0.3, 0.4) is 0 Å². The van der Waals surface area contributed by atoms with E-state index < -0.39 is 6.10 Å². The van der Waals surface area contributed by atoms with Crippen molar-refractivity contribution in [2.24, 2.45) is 0 Å². The summed E-state index contributed by atoms with van der Waals surface area (Å²) in [6.07, 6.45) is 3.21. The zero-order valence-corrected chi connectivity index (χ0v) is 14.0. The summed E-state index contributed by atoms with van der Waals surface area (Å²) in [5.41, 5.74) is 2.35. The summed E-state index contributed by atoms with van der Waals surface area (Å²) < 4.78 is 2.13. The molecule has 128 valence electrons. The van der Waals surface area contributed by atoms with E-state index in [0.717, 1.165) is 25.3 Å². The van der Waals surface area contributed by atoms with Crippen LogP contribution in [0.25, 0.3) is 0 Å². The van der Waals surface area contributed by atoms with Crippen LogP contribution in [0, 0.1) is 0 Å². The third-order valence-corrected chi connectivity index (χ3v) is 4.41. The molecule has 1 aliphatic rings. The number of nitrogens with zero attached hydrogens (tertiary/aromatic N) is 4. The van der Waals surface area contributed by atoms with Gasteiger partial charge < -0.3 is 14.6 Å². The monoisotopic (exact) mass is 328 g/mol. The third kappa shape index (κ3) is 4.21. The van der Waals surface area contributed by atoms with E-state index in [2.05, 4.69) is 26.6 Å². The van der Waals surface area contributed by atoms with E-state index in [1.807, 2.05) is 30.7 Å². The molecule has 2 aromatic rings.